The van der Waals surface area contributed by atoms with Crippen LogP contribution in [-0.2, 0) is 0 Å². The summed E-state index contributed by atoms with van der Waals surface area (Å²) < 4.78 is 6.30. The highest BCUT2D eigenvalue weighted by molar-refractivity contribution is 6.33. The Balaban J connectivity index is 1.68. The third-order valence-corrected chi connectivity index (χ3v) is 5.81. The zero-order valence-electron chi connectivity index (χ0n) is 16.5. The first-order chi connectivity index (χ1) is 15.2. The number of allylic oxidation sites excluding steroid dienone is 2. The second-order valence-electron chi connectivity index (χ2n) is 7.67. The van der Waals surface area contributed by atoms with Gasteiger partial charge in [-0.05, 0) is 46.7 Å². The van der Waals surface area contributed by atoms with Crippen molar-refractivity contribution in [3.8, 4) is 5.75 Å². The molecule has 4 aromatic rings. The van der Waals surface area contributed by atoms with Crippen LogP contribution < -0.4 is 4.74 Å². The molecule has 0 atom stereocenters. The van der Waals surface area contributed by atoms with Gasteiger partial charge >= 0.3 is 0 Å². The summed E-state index contributed by atoms with van der Waals surface area (Å²) in [6.45, 7) is 0. The van der Waals surface area contributed by atoms with Gasteiger partial charge in [0.2, 0.25) is 0 Å². The molecule has 0 N–H and O–H groups in total. The molecule has 3 nitrogen and oxygen atoms in total. The fourth-order valence-electron chi connectivity index (χ4n) is 4.33. The van der Waals surface area contributed by atoms with Crippen molar-refractivity contribution in [3.63, 3.8) is 0 Å². The van der Waals surface area contributed by atoms with Gasteiger partial charge in [0.15, 0.2) is 11.6 Å². The zero-order chi connectivity index (χ0) is 20.9. The van der Waals surface area contributed by atoms with Crippen LogP contribution in [0, 0.1) is 0 Å². The van der Waals surface area contributed by atoms with E-state index in [2.05, 4.69) is 0 Å². The first kappa shape index (κ1) is 17.6. The van der Waals surface area contributed by atoms with Crippen molar-refractivity contribution in [2.45, 2.75) is 0 Å². The lowest BCUT2D eigenvalue weighted by molar-refractivity contribution is 0.0992. The van der Waals surface area contributed by atoms with Crippen LogP contribution in [0.2, 0.25) is 0 Å². The molecular formula is C28H16O3. The summed E-state index contributed by atoms with van der Waals surface area (Å²) in [7, 11) is 0. The van der Waals surface area contributed by atoms with E-state index in [9.17, 15) is 9.59 Å². The number of para-hydroxylation sites is 1. The van der Waals surface area contributed by atoms with Crippen LogP contribution in [0.25, 0.3) is 22.6 Å². The maximum Gasteiger partial charge on any atom is 0.198 e. The van der Waals surface area contributed by atoms with E-state index in [-0.39, 0.29) is 11.6 Å². The molecule has 0 aromatic heterocycles. The third kappa shape index (κ3) is 2.67. The molecule has 0 amide bonds. The maximum absolute atomic E-state index is 13.5. The lowest BCUT2D eigenvalue weighted by Gasteiger charge is -2.27. The molecule has 3 heteroatoms. The van der Waals surface area contributed by atoms with E-state index in [0.29, 0.717) is 39.3 Å². The molecule has 0 spiro atoms. The summed E-state index contributed by atoms with van der Waals surface area (Å²) >= 11 is 0. The van der Waals surface area contributed by atoms with Crippen molar-refractivity contribution in [2.24, 2.45) is 0 Å². The Labute approximate surface area is 178 Å². The topological polar surface area (TPSA) is 43.4 Å². The van der Waals surface area contributed by atoms with Crippen LogP contribution in [0.1, 0.15) is 31.8 Å². The Hall–Kier alpha value is -4.24. The van der Waals surface area contributed by atoms with Crippen LogP contribution in [0.4, 0.5) is 0 Å². The number of carbonyl (C=O) groups excluding carboxylic acids is 2. The van der Waals surface area contributed by atoms with E-state index >= 15 is 0 Å². The quantitative estimate of drug-likeness (QED) is 0.408. The second-order valence-corrected chi connectivity index (χ2v) is 7.67. The molecule has 0 heterocycles. The number of ketones is 2. The summed E-state index contributed by atoms with van der Waals surface area (Å²) in [5.74, 6) is 0.701. The van der Waals surface area contributed by atoms with Crippen molar-refractivity contribution in [1.82, 2.24) is 0 Å². The summed E-state index contributed by atoms with van der Waals surface area (Å²) in [5.41, 5.74) is 3.24. The van der Waals surface area contributed by atoms with Crippen molar-refractivity contribution >= 4 is 34.2 Å². The van der Waals surface area contributed by atoms with Gasteiger partial charge < -0.3 is 4.74 Å². The Bertz CT molecular complexity index is 1470. The van der Waals surface area contributed by atoms with Gasteiger partial charge in [0, 0.05) is 22.3 Å². The van der Waals surface area contributed by atoms with E-state index in [0.717, 1.165) is 16.3 Å². The number of fused-ring (bicyclic) bond motifs is 4. The van der Waals surface area contributed by atoms with Crippen molar-refractivity contribution in [3.05, 3.63) is 124 Å². The smallest absolute Gasteiger partial charge is 0.198 e. The van der Waals surface area contributed by atoms with Gasteiger partial charge in [-0.1, -0.05) is 66.7 Å². The van der Waals surface area contributed by atoms with Gasteiger partial charge in [-0.25, -0.2) is 0 Å². The van der Waals surface area contributed by atoms with E-state index < -0.39 is 0 Å². The summed E-state index contributed by atoms with van der Waals surface area (Å²) in [6.07, 6.45) is 1.81. The van der Waals surface area contributed by atoms with Crippen LogP contribution in [0.5, 0.6) is 5.75 Å². The average molecular weight is 400 g/mol. The highest BCUT2D eigenvalue weighted by Crippen LogP contribution is 2.42. The van der Waals surface area contributed by atoms with Gasteiger partial charge in [-0.3, -0.25) is 9.59 Å². The Morgan fingerprint density at radius 3 is 2.00 bits per heavy atom. The maximum atomic E-state index is 13.5. The Kier molecular flexibility index (Phi) is 3.77. The molecule has 0 bridgehead atoms. The molecule has 31 heavy (non-hydrogen) atoms. The minimum atomic E-state index is -0.189. The molecule has 6 rings (SSSR count). The minimum Gasteiger partial charge on any atom is -0.456 e. The number of ether oxygens (including phenoxy) is 1. The SMILES string of the molecule is O=C1C2=C(Oc3ccccc3)c3cc4ccccc4cc3C(=O)C2=Cc2ccccc21. The molecule has 146 valence electrons. The van der Waals surface area contributed by atoms with E-state index in [4.69, 9.17) is 4.74 Å². The number of hydrogen-bond donors (Lipinski definition) is 0. The fourth-order valence-corrected chi connectivity index (χ4v) is 4.33. The van der Waals surface area contributed by atoms with E-state index in [1.807, 2.05) is 84.9 Å². The van der Waals surface area contributed by atoms with Gasteiger partial charge in [-0.2, -0.15) is 0 Å². The molecule has 2 aliphatic carbocycles. The van der Waals surface area contributed by atoms with E-state index in [1.54, 1.807) is 12.1 Å². The van der Waals surface area contributed by atoms with Crippen molar-refractivity contribution in [2.75, 3.05) is 0 Å². The molecule has 0 unspecified atom stereocenters. The number of carbonyl (C=O) groups is 2. The highest BCUT2D eigenvalue weighted by atomic mass is 16.5. The van der Waals surface area contributed by atoms with Crippen LogP contribution >= 0.6 is 0 Å². The molecule has 0 saturated heterocycles. The average Bonchev–Trinajstić information content (AvgIpc) is 2.82. The first-order valence-electron chi connectivity index (χ1n) is 10.1. The van der Waals surface area contributed by atoms with Crippen molar-refractivity contribution < 1.29 is 14.3 Å². The van der Waals surface area contributed by atoms with Gasteiger partial charge in [0.25, 0.3) is 0 Å². The Morgan fingerprint density at radius 1 is 0.581 bits per heavy atom. The molecule has 2 aliphatic rings. The first-order valence-corrected chi connectivity index (χ1v) is 10.1. The molecule has 0 radical (unpaired) electrons. The van der Waals surface area contributed by atoms with Crippen molar-refractivity contribution in [1.29, 1.82) is 0 Å². The lowest BCUT2D eigenvalue weighted by Crippen LogP contribution is -2.25. The summed E-state index contributed by atoms with van der Waals surface area (Å²) in [5, 5.41) is 1.96. The molecule has 0 saturated carbocycles. The number of Topliss-reactive ketones (excluding diaryl/α,β-unsaturated/α-hetero) is 2. The lowest BCUT2D eigenvalue weighted by atomic mass is 9.77. The van der Waals surface area contributed by atoms with Gasteiger partial charge in [-0.15, -0.1) is 0 Å². The molecular weight excluding hydrogens is 384 g/mol. The predicted octanol–water partition coefficient (Wildman–Crippen LogP) is 6.11. The third-order valence-electron chi connectivity index (χ3n) is 5.81. The largest absolute Gasteiger partial charge is 0.456 e. The number of rotatable bonds is 2. The molecule has 4 aromatic carbocycles. The molecule has 0 fully saturated rings. The minimum absolute atomic E-state index is 0.154. The standard InChI is InChI=1S/C28H16O3/c29-26-22-14-17-8-4-5-9-18(17)15-23(22)28(31-20-11-2-1-3-12-20)25-24(26)16-19-10-6-7-13-21(19)27(25)30/h1-16H. The highest BCUT2D eigenvalue weighted by Gasteiger charge is 2.38. The number of benzene rings is 4. The van der Waals surface area contributed by atoms with Gasteiger partial charge in [0.1, 0.15) is 11.5 Å². The van der Waals surface area contributed by atoms with E-state index in [1.165, 1.54) is 0 Å². The second kappa shape index (κ2) is 6.64. The predicted molar refractivity (Wildman–Crippen MR) is 121 cm³/mol. The van der Waals surface area contributed by atoms with Crippen LogP contribution in [-0.4, -0.2) is 11.6 Å². The van der Waals surface area contributed by atoms with Crippen LogP contribution in [0.15, 0.2) is 102 Å². The normalized spacial score (nSPS) is 14.6. The number of hydrogen-bond acceptors (Lipinski definition) is 3. The fraction of sp³-hybridized carbons (Fsp3) is 0. The zero-order valence-corrected chi connectivity index (χ0v) is 16.5. The monoisotopic (exact) mass is 400 g/mol. The Morgan fingerprint density at radius 2 is 1.23 bits per heavy atom. The summed E-state index contributed by atoms with van der Waals surface area (Å²) in [4.78, 5) is 27.1. The van der Waals surface area contributed by atoms with Gasteiger partial charge in [0.05, 0.1) is 5.57 Å². The van der Waals surface area contributed by atoms with Crippen LogP contribution in [0.3, 0.4) is 0 Å². The summed E-state index contributed by atoms with van der Waals surface area (Å²) in [6, 6.07) is 28.4. The molecule has 0 aliphatic heterocycles.